The number of anilines is 1. The third kappa shape index (κ3) is 3.98. The van der Waals surface area contributed by atoms with Gasteiger partial charge in [0.25, 0.3) is 0 Å². The maximum Gasteiger partial charge on any atom is 0.234 e. The number of thioether (sulfide) groups is 1. The minimum absolute atomic E-state index is 0.0845. The third-order valence-electron chi connectivity index (χ3n) is 3.25. The molecule has 0 aliphatic heterocycles. The highest BCUT2D eigenvalue weighted by atomic mass is 32.2. The van der Waals surface area contributed by atoms with Gasteiger partial charge in [0.1, 0.15) is 6.33 Å². The Balaban J connectivity index is 1.98. The van der Waals surface area contributed by atoms with Crippen LogP contribution in [0.3, 0.4) is 0 Å². The number of carbonyl (C=O) groups is 1. The lowest BCUT2D eigenvalue weighted by atomic mass is 9.97. The molecule has 1 amide bonds. The highest BCUT2D eigenvalue weighted by Gasteiger charge is 2.12. The van der Waals surface area contributed by atoms with E-state index in [1.54, 1.807) is 0 Å². The Bertz CT molecular complexity index is 613. The molecule has 2 aromatic rings. The van der Waals surface area contributed by atoms with Crippen molar-refractivity contribution >= 4 is 23.4 Å². The van der Waals surface area contributed by atoms with Crippen molar-refractivity contribution in [2.45, 2.75) is 31.3 Å². The lowest BCUT2D eigenvalue weighted by molar-refractivity contribution is -0.113. The van der Waals surface area contributed by atoms with Gasteiger partial charge in [-0.3, -0.25) is 4.79 Å². The predicted octanol–water partition coefficient (Wildman–Crippen LogP) is 2.24. The Morgan fingerprint density at radius 3 is 2.90 bits per heavy atom. The van der Waals surface area contributed by atoms with Gasteiger partial charge >= 0.3 is 0 Å². The van der Waals surface area contributed by atoms with Gasteiger partial charge in [0, 0.05) is 5.69 Å². The van der Waals surface area contributed by atoms with Crippen LogP contribution in [0.15, 0.2) is 35.7 Å². The first-order valence-electron chi connectivity index (χ1n) is 6.78. The van der Waals surface area contributed by atoms with E-state index in [-0.39, 0.29) is 11.7 Å². The van der Waals surface area contributed by atoms with E-state index >= 15 is 0 Å². The Morgan fingerprint density at radius 2 is 2.24 bits per heavy atom. The number of hydrogen-bond donors (Lipinski definition) is 2. The summed E-state index contributed by atoms with van der Waals surface area (Å²) in [6, 6.07) is 7.89. The van der Waals surface area contributed by atoms with Crippen LogP contribution in [0.4, 0.5) is 5.69 Å². The van der Waals surface area contributed by atoms with Gasteiger partial charge < -0.3 is 11.2 Å². The van der Waals surface area contributed by atoms with Crippen LogP contribution in [-0.2, 0) is 4.79 Å². The number of carbonyl (C=O) groups excluding carboxylic acids is 1. The van der Waals surface area contributed by atoms with E-state index in [0.717, 1.165) is 17.7 Å². The van der Waals surface area contributed by atoms with Crippen molar-refractivity contribution in [1.29, 1.82) is 0 Å². The van der Waals surface area contributed by atoms with Crippen molar-refractivity contribution in [2.24, 2.45) is 0 Å². The number of nitrogens with zero attached hydrogens (tertiary/aromatic N) is 3. The first kappa shape index (κ1) is 15.4. The van der Waals surface area contributed by atoms with Crippen LogP contribution >= 0.6 is 11.8 Å². The number of rotatable bonds is 6. The Labute approximate surface area is 128 Å². The molecule has 0 unspecified atom stereocenters. The molecule has 6 nitrogen and oxygen atoms in total. The van der Waals surface area contributed by atoms with E-state index in [9.17, 15) is 4.79 Å². The van der Waals surface area contributed by atoms with E-state index < -0.39 is 0 Å². The van der Waals surface area contributed by atoms with Crippen LogP contribution in [0.5, 0.6) is 0 Å². The minimum atomic E-state index is -0.0845. The molecule has 0 saturated carbocycles. The molecule has 1 aromatic heterocycles. The van der Waals surface area contributed by atoms with E-state index in [1.165, 1.54) is 22.8 Å². The SMILES string of the molecule is CC[C@H](C)c1ccccc1NC(=O)CSc1nncn1N. The molecule has 112 valence electrons. The summed E-state index contributed by atoms with van der Waals surface area (Å²) in [5.41, 5.74) is 2.02. The summed E-state index contributed by atoms with van der Waals surface area (Å²) < 4.78 is 1.30. The molecular weight excluding hydrogens is 286 g/mol. The zero-order valence-electron chi connectivity index (χ0n) is 12.1. The Kier molecular flexibility index (Phi) is 5.21. The first-order valence-corrected chi connectivity index (χ1v) is 7.77. The number of nitrogen functional groups attached to an aromatic ring is 1. The van der Waals surface area contributed by atoms with Gasteiger partial charge in [-0.15, -0.1) is 10.2 Å². The topological polar surface area (TPSA) is 85.8 Å². The summed E-state index contributed by atoms with van der Waals surface area (Å²) in [5, 5.41) is 11.0. The smallest absolute Gasteiger partial charge is 0.234 e. The first-order chi connectivity index (χ1) is 10.1. The molecule has 0 saturated heterocycles. The molecule has 7 heteroatoms. The molecule has 3 N–H and O–H groups in total. The summed E-state index contributed by atoms with van der Waals surface area (Å²) >= 11 is 1.25. The summed E-state index contributed by atoms with van der Waals surface area (Å²) in [6.07, 6.45) is 2.43. The Hall–Kier alpha value is -2.02. The normalized spacial score (nSPS) is 12.1. The van der Waals surface area contributed by atoms with Crippen molar-refractivity contribution in [3.8, 4) is 0 Å². The van der Waals surface area contributed by atoms with Crippen LogP contribution in [-0.4, -0.2) is 26.5 Å². The summed E-state index contributed by atoms with van der Waals surface area (Å²) in [4.78, 5) is 12.1. The van der Waals surface area contributed by atoms with Gasteiger partial charge in [-0.25, -0.2) is 4.68 Å². The zero-order valence-corrected chi connectivity index (χ0v) is 12.9. The second-order valence-electron chi connectivity index (χ2n) is 4.75. The number of para-hydroxylation sites is 1. The van der Waals surface area contributed by atoms with Gasteiger partial charge in [0.15, 0.2) is 0 Å². The molecule has 21 heavy (non-hydrogen) atoms. The highest BCUT2D eigenvalue weighted by molar-refractivity contribution is 7.99. The van der Waals surface area contributed by atoms with Crippen molar-refractivity contribution in [2.75, 3.05) is 16.9 Å². The van der Waals surface area contributed by atoms with Crippen LogP contribution in [0, 0.1) is 0 Å². The number of amides is 1. The number of nitrogens with two attached hydrogens (primary N) is 1. The number of benzene rings is 1. The van der Waals surface area contributed by atoms with Crippen LogP contribution in [0.25, 0.3) is 0 Å². The van der Waals surface area contributed by atoms with Crippen molar-refractivity contribution < 1.29 is 4.79 Å². The van der Waals surface area contributed by atoms with Gasteiger partial charge in [0.05, 0.1) is 5.75 Å². The van der Waals surface area contributed by atoms with Gasteiger partial charge in [0.2, 0.25) is 11.1 Å². The molecule has 0 bridgehead atoms. The largest absolute Gasteiger partial charge is 0.336 e. The molecule has 2 rings (SSSR count). The summed E-state index contributed by atoms with van der Waals surface area (Å²) in [5.74, 6) is 6.16. The van der Waals surface area contributed by atoms with E-state index in [2.05, 4.69) is 29.4 Å². The molecule has 1 heterocycles. The van der Waals surface area contributed by atoms with Crippen LogP contribution in [0.2, 0.25) is 0 Å². The lowest BCUT2D eigenvalue weighted by Crippen LogP contribution is -2.17. The minimum Gasteiger partial charge on any atom is -0.336 e. The molecule has 0 aliphatic carbocycles. The molecule has 0 radical (unpaired) electrons. The quantitative estimate of drug-likeness (QED) is 0.631. The second kappa shape index (κ2) is 7.12. The van der Waals surface area contributed by atoms with Crippen molar-refractivity contribution in [3.63, 3.8) is 0 Å². The predicted molar refractivity (Wildman–Crippen MR) is 84.7 cm³/mol. The summed E-state index contributed by atoms with van der Waals surface area (Å²) in [6.45, 7) is 4.28. The average molecular weight is 305 g/mol. The maximum atomic E-state index is 12.1. The fraction of sp³-hybridized carbons (Fsp3) is 0.357. The molecular formula is C14H19N5OS. The molecule has 1 aromatic carbocycles. The molecule has 1 atom stereocenters. The molecule has 0 spiro atoms. The Morgan fingerprint density at radius 1 is 1.48 bits per heavy atom. The zero-order chi connectivity index (χ0) is 15.2. The number of hydrogen-bond acceptors (Lipinski definition) is 5. The lowest BCUT2D eigenvalue weighted by Gasteiger charge is -2.15. The highest BCUT2D eigenvalue weighted by Crippen LogP contribution is 2.26. The number of nitrogens with one attached hydrogen (secondary N) is 1. The molecule has 0 fully saturated rings. The van der Waals surface area contributed by atoms with Gasteiger partial charge in [-0.1, -0.05) is 43.8 Å². The van der Waals surface area contributed by atoms with Gasteiger partial charge in [-0.2, -0.15) is 0 Å². The third-order valence-corrected chi connectivity index (χ3v) is 4.21. The summed E-state index contributed by atoms with van der Waals surface area (Å²) in [7, 11) is 0. The second-order valence-corrected chi connectivity index (χ2v) is 5.70. The van der Waals surface area contributed by atoms with E-state index in [4.69, 9.17) is 5.84 Å². The van der Waals surface area contributed by atoms with Crippen molar-refractivity contribution in [3.05, 3.63) is 36.2 Å². The molecule has 0 aliphatic rings. The van der Waals surface area contributed by atoms with Crippen LogP contribution in [0.1, 0.15) is 31.7 Å². The van der Waals surface area contributed by atoms with E-state index in [1.807, 2.05) is 24.3 Å². The van der Waals surface area contributed by atoms with E-state index in [0.29, 0.717) is 11.1 Å². The monoisotopic (exact) mass is 305 g/mol. The van der Waals surface area contributed by atoms with Crippen molar-refractivity contribution in [1.82, 2.24) is 14.9 Å². The fourth-order valence-electron chi connectivity index (χ4n) is 1.91. The van der Waals surface area contributed by atoms with Crippen LogP contribution < -0.4 is 11.2 Å². The standard InChI is InChI=1S/C14H19N5OS/c1-3-10(2)11-6-4-5-7-12(11)17-13(20)8-21-14-18-16-9-19(14)15/h4-7,9-10H,3,8,15H2,1-2H3,(H,17,20)/t10-/m0/s1. The fourth-order valence-corrected chi connectivity index (χ4v) is 2.55. The average Bonchev–Trinajstić information content (AvgIpc) is 2.90. The maximum absolute atomic E-state index is 12.1. The van der Waals surface area contributed by atoms with Gasteiger partial charge in [-0.05, 0) is 24.0 Å². The number of aromatic nitrogens is 3.